The Bertz CT molecular complexity index is 777. The molecular weight excluding hydrogens is 357 g/mol. The molecule has 5 nitrogen and oxygen atoms in total. The zero-order valence-electron chi connectivity index (χ0n) is 14.7. The van der Waals surface area contributed by atoms with Gasteiger partial charge in [0.1, 0.15) is 12.2 Å². The standard InChI is InChI=1S/C19H21ClFN3O2/c1-3-24(4-2)15-8-5-13(6-9-15)22-18(25)12-19(26)23-14-7-10-17(21)16(20)11-14/h5-11H,3-4,12H2,1-2H3,(H,22,25)(H,23,26). The number of carbonyl (C=O) groups is 2. The molecule has 0 fully saturated rings. The van der Waals surface area contributed by atoms with E-state index in [-0.39, 0.29) is 11.4 Å². The van der Waals surface area contributed by atoms with Gasteiger partial charge in [-0.15, -0.1) is 0 Å². The first-order chi connectivity index (χ1) is 12.4. The van der Waals surface area contributed by atoms with E-state index in [4.69, 9.17) is 11.6 Å². The summed E-state index contributed by atoms with van der Waals surface area (Å²) < 4.78 is 13.1. The number of amides is 2. The van der Waals surface area contributed by atoms with Crippen molar-refractivity contribution in [3.8, 4) is 0 Å². The number of hydrogen-bond acceptors (Lipinski definition) is 3. The zero-order valence-corrected chi connectivity index (χ0v) is 15.4. The molecule has 0 aliphatic rings. The van der Waals surface area contributed by atoms with Crippen molar-refractivity contribution in [2.45, 2.75) is 20.3 Å². The van der Waals surface area contributed by atoms with E-state index < -0.39 is 17.6 Å². The monoisotopic (exact) mass is 377 g/mol. The van der Waals surface area contributed by atoms with Crippen LogP contribution in [0.3, 0.4) is 0 Å². The van der Waals surface area contributed by atoms with Crippen LogP contribution >= 0.6 is 11.6 Å². The lowest BCUT2D eigenvalue weighted by Gasteiger charge is -2.21. The lowest BCUT2D eigenvalue weighted by molar-refractivity contribution is -0.123. The lowest BCUT2D eigenvalue weighted by atomic mass is 10.2. The summed E-state index contributed by atoms with van der Waals surface area (Å²) in [7, 11) is 0. The quantitative estimate of drug-likeness (QED) is 0.707. The van der Waals surface area contributed by atoms with Crippen molar-refractivity contribution in [3.63, 3.8) is 0 Å². The number of nitrogens with zero attached hydrogens (tertiary/aromatic N) is 1. The first-order valence-electron chi connectivity index (χ1n) is 8.32. The van der Waals surface area contributed by atoms with Crippen molar-refractivity contribution in [2.24, 2.45) is 0 Å². The number of anilines is 3. The molecule has 0 radical (unpaired) electrons. The summed E-state index contributed by atoms with van der Waals surface area (Å²) in [6.45, 7) is 5.95. The highest BCUT2D eigenvalue weighted by molar-refractivity contribution is 6.31. The van der Waals surface area contributed by atoms with Crippen molar-refractivity contribution >= 4 is 40.5 Å². The topological polar surface area (TPSA) is 61.4 Å². The summed E-state index contributed by atoms with van der Waals surface area (Å²) in [5.41, 5.74) is 2.01. The number of halogens is 2. The molecule has 0 saturated carbocycles. The third kappa shape index (κ3) is 5.46. The largest absolute Gasteiger partial charge is 0.372 e. The van der Waals surface area contributed by atoms with Gasteiger partial charge in [-0.1, -0.05) is 11.6 Å². The Morgan fingerprint density at radius 2 is 1.50 bits per heavy atom. The van der Waals surface area contributed by atoms with Gasteiger partial charge in [-0.2, -0.15) is 0 Å². The highest BCUT2D eigenvalue weighted by Gasteiger charge is 2.11. The fraction of sp³-hybridized carbons (Fsp3) is 0.263. The SMILES string of the molecule is CCN(CC)c1ccc(NC(=O)CC(=O)Nc2ccc(F)c(Cl)c2)cc1. The highest BCUT2D eigenvalue weighted by atomic mass is 35.5. The van der Waals surface area contributed by atoms with Gasteiger partial charge in [0, 0.05) is 30.2 Å². The Kier molecular flexibility index (Phi) is 6.97. The molecule has 0 saturated heterocycles. The van der Waals surface area contributed by atoms with Crippen LogP contribution in [0.2, 0.25) is 5.02 Å². The predicted molar refractivity (Wildman–Crippen MR) is 103 cm³/mol. The first kappa shape index (κ1) is 19.7. The molecule has 0 aromatic heterocycles. The normalized spacial score (nSPS) is 10.3. The summed E-state index contributed by atoms with van der Waals surface area (Å²) in [5.74, 6) is -1.52. The Hall–Kier alpha value is -2.60. The van der Waals surface area contributed by atoms with Gasteiger partial charge in [-0.3, -0.25) is 9.59 Å². The minimum Gasteiger partial charge on any atom is -0.372 e. The van der Waals surface area contributed by atoms with Gasteiger partial charge >= 0.3 is 0 Å². The molecule has 2 aromatic rings. The highest BCUT2D eigenvalue weighted by Crippen LogP contribution is 2.20. The molecule has 0 bridgehead atoms. The van der Waals surface area contributed by atoms with E-state index in [1.807, 2.05) is 12.1 Å². The smallest absolute Gasteiger partial charge is 0.233 e. The molecule has 2 N–H and O–H groups in total. The van der Waals surface area contributed by atoms with E-state index in [1.165, 1.54) is 12.1 Å². The fourth-order valence-corrected chi connectivity index (χ4v) is 2.65. The Balaban J connectivity index is 1.89. The van der Waals surface area contributed by atoms with Gasteiger partial charge < -0.3 is 15.5 Å². The summed E-state index contributed by atoms with van der Waals surface area (Å²) in [6, 6.07) is 11.2. The van der Waals surface area contributed by atoms with Crippen LogP contribution in [-0.4, -0.2) is 24.9 Å². The van der Waals surface area contributed by atoms with E-state index in [1.54, 1.807) is 12.1 Å². The first-order valence-corrected chi connectivity index (χ1v) is 8.70. The third-order valence-electron chi connectivity index (χ3n) is 3.80. The maximum Gasteiger partial charge on any atom is 0.233 e. The van der Waals surface area contributed by atoms with Crippen molar-refractivity contribution in [2.75, 3.05) is 28.6 Å². The average Bonchev–Trinajstić information content (AvgIpc) is 2.60. The van der Waals surface area contributed by atoms with Crippen LogP contribution in [0.4, 0.5) is 21.5 Å². The number of hydrogen-bond donors (Lipinski definition) is 2. The molecule has 0 unspecified atom stereocenters. The second kappa shape index (κ2) is 9.20. The van der Waals surface area contributed by atoms with Crippen LogP contribution in [0.25, 0.3) is 0 Å². The Labute approximate surface area is 157 Å². The predicted octanol–water partition coefficient (Wildman–Crippen LogP) is 4.29. The van der Waals surface area contributed by atoms with Gasteiger partial charge in [0.25, 0.3) is 0 Å². The number of benzene rings is 2. The van der Waals surface area contributed by atoms with E-state index in [2.05, 4.69) is 29.4 Å². The molecule has 26 heavy (non-hydrogen) atoms. The number of rotatable bonds is 7. The van der Waals surface area contributed by atoms with E-state index in [9.17, 15) is 14.0 Å². The van der Waals surface area contributed by atoms with Gasteiger partial charge in [0.05, 0.1) is 5.02 Å². The second-order valence-electron chi connectivity index (χ2n) is 5.62. The summed E-state index contributed by atoms with van der Waals surface area (Å²) in [5, 5.41) is 5.09. The summed E-state index contributed by atoms with van der Waals surface area (Å²) >= 11 is 5.66. The second-order valence-corrected chi connectivity index (χ2v) is 6.03. The lowest BCUT2D eigenvalue weighted by Crippen LogP contribution is -2.22. The van der Waals surface area contributed by atoms with Crippen LogP contribution in [0.5, 0.6) is 0 Å². The van der Waals surface area contributed by atoms with Crippen LogP contribution in [-0.2, 0) is 9.59 Å². The molecule has 138 valence electrons. The Morgan fingerprint density at radius 3 is 2.04 bits per heavy atom. The molecule has 2 aromatic carbocycles. The third-order valence-corrected chi connectivity index (χ3v) is 4.09. The van der Waals surface area contributed by atoms with Crippen molar-refractivity contribution < 1.29 is 14.0 Å². The van der Waals surface area contributed by atoms with Gasteiger partial charge in [0.2, 0.25) is 11.8 Å². The Morgan fingerprint density at radius 1 is 0.962 bits per heavy atom. The van der Waals surface area contributed by atoms with E-state index in [0.717, 1.165) is 24.8 Å². The zero-order chi connectivity index (χ0) is 19.1. The summed E-state index contributed by atoms with van der Waals surface area (Å²) in [4.78, 5) is 26.1. The van der Waals surface area contributed by atoms with Crippen molar-refractivity contribution in [1.29, 1.82) is 0 Å². The van der Waals surface area contributed by atoms with Gasteiger partial charge in [-0.05, 0) is 56.3 Å². The maximum atomic E-state index is 13.1. The average molecular weight is 378 g/mol. The van der Waals surface area contributed by atoms with E-state index >= 15 is 0 Å². The van der Waals surface area contributed by atoms with Crippen molar-refractivity contribution in [3.05, 3.63) is 53.3 Å². The van der Waals surface area contributed by atoms with Crippen LogP contribution < -0.4 is 15.5 Å². The molecule has 0 spiro atoms. The molecule has 0 aliphatic carbocycles. The number of carbonyl (C=O) groups excluding carboxylic acids is 2. The molecule has 0 aliphatic heterocycles. The fourth-order valence-electron chi connectivity index (χ4n) is 2.47. The number of nitrogens with one attached hydrogen (secondary N) is 2. The van der Waals surface area contributed by atoms with Gasteiger partial charge in [0.15, 0.2) is 0 Å². The van der Waals surface area contributed by atoms with Crippen LogP contribution in [0, 0.1) is 5.82 Å². The molecule has 0 atom stereocenters. The molecule has 2 amide bonds. The van der Waals surface area contributed by atoms with Crippen molar-refractivity contribution in [1.82, 2.24) is 0 Å². The minimum atomic E-state index is -0.574. The van der Waals surface area contributed by atoms with Crippen LogP contribution in [0.15, 0.2) is 42.5 Å². The van der Waals surface area contributed by atoms with Gasteiger partial charge in [-0.25, -0.2) is 4.39 Å². The molecular formula is C19H21ClFN3O2. The summed E-state index contributed by atoms with van der Waals surface area (Å²) in [6.07, 6.45) is -0.354. The van der Waals surface area contributed by atoms with Crippen LogP contribution in [0.1, 0.15) is 20.3 Å². The van der Waals surface area contributed by atoms with E-state index in [0.29, 0.717) is 11.4 Å². The minimum absolute atomic E-state index is 0.0967. The maximum absolute atomic E-state index is 13.1. The molecule has 2 rings (SSSR count). The molecule has 0 heterocycles. The molecule has 7 heteroatoms.